The number of pyridine rings is 2. The number of hydrogen-bond donors (Lipinski definition) is 1. The van der Waals surface area contributed by atoms with Crippen molar-refractivity contribution >= 4 is 21.9 Å². The van der Waals surface area contributed by atoms with Crippen LogP contribution in [-0.4, -0.2) is 24.2 Å². The molecule has 0 atom stereocenters. The van der Waals surface area contributed by atoms with E-state index < -0.39 is 0 Å². The van der Waals surface area contributed by atoms with Gasteiger partial charge in [-0.25, -0.2) is 0 Å². The van der Waals surface area contributed by atoms with Gasteiger partial charge in [0.05, 0.1) is 33.6 Å². The zero-order valence-corrected chi connectivity index (χ0v) is 30.0. The molecule has 6 heteroatoms. The maximum atomic E-state index is 11.9. The molecule has 0 bridgehead atoms. The van der Waals surface area contributed by atoms with Gasteiger partial charge in [-0.05, 0) is 69.3 Å². The molecule has 0 aliphatic rings. The summed E-state index contributed by atoms with van der Waals surface area (Å²) in [6.45, 7) is 19.7. The van der Waals surface area contributed by atoms with Gasteiger partial charge in [-0.1, -0.05) is 105 Å². The van der Waals surface area contributed by atoms with Crippen molar-refractivity contribution in [3.8, 4) is 34.1 Å². The molecule has 248 valence electrons. The average molecular weight is 648 g/mol. The first kappa shape index (κ1) is 32.3. The topological polar surface area (TPSA) is 59.8 Å². The van der Waals surface area contributed by atoms with Crippen LogP contribution >= 0.6 is 0 Å². The predicted octanol–water partition coefficient (Wildman–Crippen LogP) is 9.71. The van der Waals surface area contributed by atoms with Crippen molar-refractivity contribution in [2.24, 2.45) is 0 Å². The Morgan fingerprint density at radius 2 is 1.41 bits per heavy atom. The number of phenols is 1. The Morgan fingerprint density at radius 3 is 2.14 bits per heavy atom. The van der Waals surface area contributed by atoms with Gasteiger partial charge >= 0.3 is 0 Å². The maximum absolute atomic E-state index is 11.9. The van der Waals surface area contributed by atoms with Crippen molar-refractivity contribution in [1.29, 1.82) is 0 Å². The van der Waals surface area contributed by atoms with E-state index in [2.05, 4.69) is 156 Å². The lowest BCUT2D eigenvalue weighted by molar-refractivity contribution is -0.572. The van der Waals surface area contributed by atoms with Crippen molar-refractivity contribution in [1.82, 2.24) is 19.1 Å². The fourth-order valence-corrected chi connectivity index (χ4v) is 6.59. The van der Waals surface area contributed by atoms with Crippen LogP contribution in [-0.2, 0) is 16.2 Å². The van der Waals surface area contributed by atoms with E-state index in [1.807, 2.05) is 35.3 Å². The zero-order valence-electron chi connectivity index (χ0n) is 30.0. The average Bonchev–Trinajstić information content (AvgIpc) is 3.63. The predicted molar refractivity (Wildman–Crippen MR) is 199 cm³/mol. The van der Waals surface area contributed by atoms with Crippen LogP contribution in [0.15, 0.2) is 104 Å². The van der Waals surface area contributed by atoms with E-state index in [4.69, 9.17) is 4.98 Å². The van der Waals surface area contributed by atoms with Crippen molar-refractivity contribution in [2.45, 2.75) is 78.6 Å². The van der Waals surface area contributed by atoms with Gasteiger partial charge in [0.15, 0.2) is 0 Å². The Hall–Kier alpha value is -5.23. The number of rotatable bonds is 4. The minimum absolute atomic E-state index is 0.00389. The Labute approximate surface area is 289 Å². The minimum Gasteiger partial charge on any atom is -0.511 e. The third-order valence-electron chi connectivity index (χ3n) is 9.46. The Kier molecular flexibility index (Phi) is 7.55. The number of aromatic hydroxyl groups is 1. The molecule has 0 aliphatic heterocycles. The van der Waals surface area contributed by atoms with Crippen molar-refractivity contribution in [2.75, 3.05) is 0 Å². The molecule has 0 radical (unpaired) electrons. The van der Waals surface area contributed by atoms with Crippen LogP contribution in [0.25, 0.3) is 50.3 Å². The van der Waals surface area contributed by atoms with Gasteiger partial charge in [-0.3, -0.25) is 19.1 Å². The van der Waals surface area contributed by atoms with Crippen LogP contribution < -0.4 is 4.57 Å². The monoisotopic (exact) mass is 647 g/mol. The second kappa shape index (κ2) is 11.4. The van der Waals surface area contributed by atoms with E-state index in [-0.39, 0.29) is 22.0 Å². The van der Waals surface area contributed by atoms with Gasteiger partial charge in [0.2, 0.25) is 0 Å². The molecule has 7 aromatic rings. The van der Waals surface area contributed by atoms with E-state index in [9.17, 15) is 5.11 Å². The number of nitrogens with zero attached hydrogens (tertiary/aromatic N) is 5. The molecule has 49 heavy (non-hydrogen) atoms. The SMILES string of the molecule is CC(C)(C)c1ccnc(-c2cn(-c3ccccc3-[n+]3[c-]n(-c4cc(C(C)(C)C)cc(C(C)(C)C)c4O)c4ccccc43)c3ccncc23)c1. The van der Waals surface area contributed by atoms with E-state index in [0.717, 1.165) is 61.4 Å². The van der Waals surface area contributed by atoms with Crippen molar-refractivity contribution in [3.63, 3.8) is 0 Å². The highest BCUT2D eigenvalue weighted by atomic mass is 16.3. The molecule has 0 saturated heterocycles. The summed E-state index contributed by atoms with van der Waals surface area (Å²) < 4.78 is 6.35. The fourth-order valence-electron chi connectivity index (χ4n) is 6.59. The molecular formula is C43H45N5O. The number of fused-ring (bicyclic) bond motifs is 2. The van der Waals surface area contributed by atoms with Crippen molar-refractivity contribution < 1.29 is 9.67 Å². The number of phenolic OH excluding ortho intramolecular Hbond substituents is 1. The third-order valence-corrected chi connectivity index (χ3v) is 9.46. The van der Waals surface area contributed by atoms with Gasteiger partial charge in [-0.2, -0.15) is 0 Å². The van der Waals surface area contributed by atoms with E-state index >= 15 is 0 Å². The summed E-state index contributed by atoms with van der Waals surface area (Å²) in [5.41, 5.74) is 10.5. The molecule has 0 amide bonds. The summed E-state index contributed by atoms with van der Waals surface area (Å²) in [6.07, 6.45) is 11.5. The highest BCUT2D eigenvalue weighted by Crippen LogP contribution is 2.40. The summed E-state index contributed by atoms with van der Waals surface area (Å²) in [7, 11) is 0. The maximum Gasteiger partial charge on any atom is 0.270 e. The molecule has 7 rings (SSSR count). The molecule has 1 N–H and O–H groups in total. The molecule has 3 aromatic carbocycles. The number of para-hydroxylation sites is 4. The van der Waals surface area contributed by atoms with Gasteiger partial charge in [-0.15, -0.1) is 0 Å². The van der Waals surface area contributed by atoms with Crippen LogP contribution in [0.4, 0.5) is 0 Å². The molecule has 0 fully saturated rings. The van der Waals surface area contributed by atoms with Crippen molar-refractivity contribution in [3.05, 3.63) is 127 Å². The Balaban J connectivity index is 1.47. The Morgan fingerprint density at radius 1 is 0.694 bits per heavy atom. The second-order valence-corrected chi connectivity index (χ2v) is 16.1. The summed E-state index contributed by atoms with van der Waals surface area (Å²) in [5, 5.41) is 12.9. The quantitative estimate of drug-likeness (QED) is 0.153. The van der Waals surface area contributed by atoms with Crippen LogP contribution in [0.3, 0.4) is 0 Å². The van der Waals surface area contributed by atoms with Crippen LogP contribution in [0.5, 0.6) is 5.75 Å². The minimum atomic E-state index is -0.255. The molecule has 0 saturated carbocycles. The molecule has 0 unspecified atom stereocenters. The first-order valence-electron chi connectivity index (χ1n) is 17.0. The molecular weight excluding hydrogens is 603 g/mol. The highest BCUT2D eigenvalue weighted by Gasteiger charge is 2.27. The van der Waals surface area contributed by atoms with E-state index in [1.54, 1.807) is 0 Å². The smallest absolute Gasteiger partial charge is 0.270 e. The first-order valence-corrected chi connectivity index (χ1v) is 17.0. The first-order chi connectivity index (χ1) is 23.1. The lowest BCUT2D eigenvalue weighted by Crippen LogP contribution is -2.31. The van der Waals surface area contributed by atoms with Gasteiger partial charge in [0, 0.05) is 35.7 Å². The molecule has 4 heterocycles. The van der Waals surface area contributed by atoms with Gasteiger partial charge < -0.3 is 9.67 Å². The van der Waals surface area contributed by atoms with E-state index in [0.29, 0.717) is 0 Å². The number of hydrogen-bond acceptors (Lipinski definition) is 3. The summed E-state index contributed by atoms with van der Waals surface area (Å²) in [4.78, 5) is 9.33. The van der Waals surface area contributed by atoms with Crippen LogP contribution in [0, 0.1) is 6.33 Å². The fraction of sp³-hybridized carbons (Fsp3) is 0.279. The normalized spacial score (nSPS) is 12.7. The molecule has 6 nitrogen and oxygen atoms in total. The largest absolute Gasteiger partial charge is 0.511 e. The standard InChI is InChI=1S/C43H45N5O/c1-41(2,3)28-18-21-45-33(23-28)31-26-46(34-19-20-44-25-30(31)34)35-14-10-11-15-36(35)47-27-48(38-17-13-12-16-37(38)47)39-24-29(42(4,5)6)22-32(40(39)49)43(7,8)9/h10-26,49H,1-9H3. The lowest BCUT2D eigenvalue weighted by Gasteiger charge is -2.27. The molecule has 0 aliphatic carbocycles. The van der Waals surface area contributed by atoms with Crippen LogP contribution in [0.2, 0.25) is 0 Å². The zero-order chi connectivity index (χ0) is 34.9. The number of aromatic nitrogens is 5. The number of imidazole rings is 1. The van der Waals surface area contributed by atoms with E-state index in [1.165, 1.54) is 5.56 Å². The summed E-state index contributed by atoms with van der Waals surface area (Å²) in [5.74, 6) is 0.275. The second-order valence-electron chi connectivity index (χ2n) is 16.1. The summed E-state index contributed by atoms with van der Waals surface area (Å²) >= 11 is 0. The lowest BCUT2D eigenvalue weighted by atomic mass is 9.79. The molecule has 4 aromatic heterocycles. The summed E-state index contributed by atoms with van der Waals surface area (Å²) in [6, 6.07) is 27.3. The highest BCUT2D eigenvalue weighted by molar-refractivity contribution is 5.96. The van der Waals surface area contributed by atoms with Gasteiger partial charge in [0.1, 0.15) is 11.4 Å². The van der Waals surface area contributed by atoms with Gasteiger partial charge in [0.25, 0.3) is 6.33 Å². The number of benzene rings is 3. The molecule has 0 spiro atoms. The third kappa shape index (κ3) is 5.69. The van der Waals surface area contributed by atoms with Crippen LogP contribution in [0.1, 0.15) is 79.0 Å². The Bertz CT molecular complexity index is 2360.